The van der Waals surface area contributed by atoms with Gasteiger partial charge < -0.3 is 4.90 Å². The number of carbonyl (C=O) groups is 1. The predicted octanol–water partition coefficient (Wildman–Crippen LogP) is 1.64. The average molecular weight is 302 g/mol. The topological polar surface area (TPSA) is 66.5 Å². The van der Waals surface area contributed by atoms with Gasteiger partial charge in [0.05, 0.1) is 5.75 Å². The Bertz CT molecular complexity index is 428. The lowest BCUT2D eigenvalue weighted by Crippen LogP contribution is -2.41. The summed E-state index contributed by atoms with van der Waals surface area (Å²) >= 11 is 0. The van der Waals surface area contributed by atoms with E-state index < -0.39 is 10.0 Å². The van der Waals surface area contributed by atoms with Gasteiger partial charge in [0.2, 0.25) is 15.9 Å². The van der Waals surface area contributed by atoms with Crippen LogP contribution in [0.3, 0.4) is 0 Å². The summed E-state index contributed by atoms with van der Waals surface area (Å²) in [5.74, 6) is 0.252. The van der Waals surface area contributed by atoms with Crippen molar-refractivity contribution in [3.05, 3.63) is 0 Å². The molecule has 0 radical (unpaired) electrons. The number of likely N-dealkylation sites (tertiary alicyclic amines) is 1. The number of nitrogens with zero attached hydrogens (tertiary/aromatic N) is 1. The van der Waals surface area contributed by atoms with Crippen molar-refractivity contribution in [3.63, 3.8) is 0 Å². The van der Waals surface area contributed by atoms with E-state index in [1.54, 1.807) is 0 Å². The maximum absolute atomic E-state index is 12.1. The molecule has 1 amide bonds. The molecule has 0 aromatic carbocycles. The van der Waals surface area contributed by atoms with Crippen molar-refractivity contribution < 1.29 is 13.2 Å². The van der Waals surface area contributed by atoms with Crippen LogP contribution in [0, 0.1) is 0 Å². The Morgan fingerprint density at radius 3 is 2.45 bits per heavy atom. The Morgan fingerprint density at radius 1 is 1.20 bits per heavy atom. The molecular formula is C14H26N2O3S. The molecule has 1 saturated heterocycles. The van der Waals surface area contributed by atoms with E-state index in [-0.39, 0.29) is 17.7 Å². The van der Waals surface area contributed by atoms with Gasteiger partial charge in [0.25, 0.3) is 0 Å². The van der Waals surface area contributed by atoms with Gasteiger partial charge in [0.1, 0.15) is 0 Å². The summed E-state index contributed by atoms with van der Waals surface area (Å²) in [7, 11) is -3.23. The Hall–Kier alpha value is -0.620. The lowest BCUT2D eigenvalue weighted by atomic mass is 10.1. The van der Waals surface area contributed by atoms with Gasteiger partial charge in [-0.25, -0.2) is 13.1 Å². The summed E-state index contributed by atoms with van der Waals surface area (Å²) in [4.78, 5) is 14.1. The summed E-state index contributed by atoms with van der Waals surface area (Å²) in [5, 5.41) is 0. The van der Waals surface area contributed by atoms with Gasteiger partial charge in [0.15, 0.2) is 0 Å². The van der Waals surface area contributed by atoms with Crippen molar-refractivity contribution in [2.75, 3.05) is 12.3 Å². The highest BCUT2D eigenvalue weighted by molar-refractivity contribution is 7.89. The smallest absolute Gasteiger partial charge is 0.224 e. The molecule has 2 rings (SSSR count). The predicted molar refractivity (Wildman–Crippen MR) is 78.8 cm³/mol. The lowest BCUT2D eigenvalue weighted by molar-refractivity contribution is -0.129. The molecule has 0 aromatic heterocycles. The second kappa shape index (κ2) is 6.89. The molecule has 20 heavy (non-hydrogen) atoms. The fraction of sp³-hybridized carbons (Fsp3) is 0.929. The summed E-state index contributed by atoms with van der Waals surface area (Å²) in [6.45, 7) is 2.39. The molecule has 6 heteroatoms. The van der Waals surface area contributed by atoms with E-state index in [1.807, 2.05) is 11.8 Å². The Morgan fingerprint density at radius 2 is 1.85 bits per heavy atom. The summed E-state index contributed by atoms with van der Waals surface area (Å²) in [6.07, 6.45) is 7.93. The van der Waals surface area contributed by atoms with E-state index in [4.69, 9.17) is 0 Å². The van der Waals surface area contributed by atoms with Gasteiger partial charge in [-0.2, -0.15) is 0 Å². The van der Waals surface area contributed by atoms with E-state index in [1.165, 1.54) is 25.7 Å². The fourth-order valence-corrected chi connectivity index (χ4v) is 4.64. The maximum atomic E-state index is 12.1. The number of hydrogen-bond donors (Lipinski definition) is 1. The van der Waals surface area contributed by atoms with Crippen LogP contribution in [0.5, 0.6) is 0 Å². The number of nitrogens with one attached hydrogen (secondary N) is 1. The van der Waals surface area contributed by atoms with Crippen LogP contribution in [0.25, 0.3) is 0 Å². The molecule has 5 nitrogen and oxygen atoms in total. The van der Waals surface area contributed by atoms with E-state index >= 15 is 0 Å². The third kappa shape index (κ3) is 4.19. The van der Waals surface area contributed by atoms with Crippen LogP contribution in [-0.2, 0) is 14.8 Å². The fourth-order valence-electron chi connectivity index (χ4n) is 3.31. The first-order valence-corrected chi connectivity index (χ1v) is 9.46. The largest absolute Gasteiger partial charge is 0.338 e. The summed E-state index contributed by atoms with van der Waals surface area (Å²) < 4.78 is 26.3. The molecule has 2 fully saturated rings. The highest BCUT2D eigenvalue weighted by atomic mass is 32.2. The SMILES string of the molecule is CCCS(=O)(=O)N[C@H]1CC(=O)N(C2CCCCCC2)C1. The van der Waals surface area contributed by atoms with Crippen LogP contribution in [0.1, 0.15) is 58.3 Å². The van der Waals surface area contributed by atoms with E-state index in [0.29, 0.717) is 25.4 Å². The van der Waals surface area contributed by atoms with E-state index in [0.717, 1.165) is 12.8 Å². The third-order valence-electron chi connectivity index (χ3n) is 4.24. The van der Waals surface area contributed by atoms with Gasteiger partial charge in [-0.1, -0.05) is 32.6 Å². The van der Waals surface area contributed by atoms with Gasteiger partial charge in [-0.15, -0.1) is 0 Å². The van der Waals surface area contributed by atoms with Crippen molar-refractivity contribution in [3.8, 4) is 0 Å². The molecule has 1 aliphatic heterocycles. The number of rotatable bonds is 5. The molecular weight excluding hydrogens is 276 g/mol. The molecule has 1 atom stereocenters. The van der Waals surface area contributed by atoms with Gasteiger partial charge in [-0.3, -0.25) is 4.79 Å². The Kier molecular flexibility index (Phi) is 5.43. The zero-order chi connectivity index (χ0) is 14.6. The van der Waals surface area contributed by atoms with Crippen LogP contribution >= 0.6 is 0 Å². The minimum Gasteiger partial charge on any atom is -0.338 e. The van der Waals surface area contributed by atoms with E-state index in [9.17, 15) is 13.2 Å². The van der Waals surface area contributed by atoms with Crippen LogP contribution in [0.2, 0.25) is 0 Å². The molecule has 0 aromatic rings. The van der Waals surface area contributed by atoms with Crippen molar-refractivity contribution in [2.24, 2.45) is 0 Å². The first-order valence-electron chi connectivity index (χ1n) is 7.81. The molecule has 1 N–H and O–H groups in total. The average Bonchev–Trinajstić information content (AvgIpc) is 2.59. The highest BCUT2D eigenvalue weighted by Gasteiger charge is 2.35. The van der Waals surface area contributed by atoms with Crippen LogP contribution in [0.4, 0.5) is 0 Å². The monoisotopic (exact) mass is 302 g/mol. The molecule has 0 spiro atoms. The van der Waals surface area contributed by atoms with Crippen LogP contribution in [0.15, 0.2) is 0 Å². The van der Waals surface area contributed by atoms with E-state index in [2.05, 4.69) is 4.72 Å². The molecule has 1 saturated carbocycles. The number of amides is 1. The zero-order valence-electron chi connectivity index (χ0n) is 12.3. The van der Waals surface area contributed by atoms with Crippen LogP contribution in [-0.4, -0.2) is 43.6 Å². The Balaban J connectivity index is 1.93. The molecule has 1 heterocycles. The van der Waals surface area contributed by atoms with Gasteiger partial charge >= 0.3 is 0 Å². The van der Waals surface area contributed by atoms with Gasteiger partial charge in [0, 0.05) is 25.0 Å². The second-order valence-corrected chi connectivity index (χ2v) is 7.90. The summed E-state index contributed by atoms with van der Waals surface area (Å²) in [6, 6.07) is 0.0907. The quantitative estimate of drug-likeness (QED) is 0.785. The molecule has 0 bridgehead atoms. The number of carbonyl (C=O) groups excluding carboxylic acids is 1. The lowest BCUT2D eigenvalue weighted by Gasteiger charge is -2.27. The molecule has 2 aliphatic rings. The highest BCUT2D eigenvalue weighted by Crippen LogP contribution is 2.26. The summed E-state index contributed by atoms with van der Waals surface area (Å²) in [5.41, 5.74) is 0. The van der Waals surface area contributed by atoms with Crippen molar-refractivity contribution >= 4 is 15.9 Å². The van der Waals surface area contributed by atoms with Crippen LogP contribution < -0.4 is 4.72 Å². The number of sulfonamides is 1. The zero-order valence-corrected chi connectivity index (χ0v) is 13.1. The number of hydrogen-bond acceptors (Lipinski definition) is 3. The molecule has 0 unspecified atom stereocenters. The van der Waals surface area contributed by atoms with Gasteiger partial charge in [-0.05, 0) is 19.3 Å². The molecule has 116 valence electrons. The first-order chi connectivity index (χ1) is 9.52. The minimum atomic E-state index is -3.23. The maximum Gasteiger partial charge on any atom is 0.224 e. The third-order valence-corrected chi connectivity index (χ3v) is 5.88. The van der Waals surface area contributed by atoms with Crippen molar-refractivity contribution in [1.29, 1.82) is 0 Å². The second-order valence-electron chi connectivity index (χ2n) is 6.03. The standard InChI is InChI=1S/C14H26N2O3S/c1-2-9-20(18,19)15-12-10-14(17)16(11-12)13-7-5-3-4-6-8-13/h12-13,15H,2-11H2,1H3/t12-/m0/s1. The molecule has 1 aliphatic carbocycles. The minimum absolute atomic E-state index is 0.112. The van der Waals surface area contributed by atoms with Crippen molar-refractivity contribution in [1.82, 2.24) is 9.62 Å². The Labute approximate surface area is 122 Å². The first kappa shape index (κ1) is 15.8. The van der Waals surface area contributed by atoms with Crippen molar-refractivity contribution in [2.45, 2.75) is 70.4 Å². The normalized spacial score (nSPS) is 25.9.